The molecule has 0 amide bonds. The van der Waals surface area contributed by atoms with E-state index in [9.17, 15) is 14.7 Å². The minimum absolute atomic E-state index is 0.108. The van der Waals surface area contributed by atoms with Crippen LogP contribution in [0.1, 0.15) is 45.3 Å². The quantitative estimate of drug-likeness (QED) is 0.343. The SMILES string of the molecule is O=C(O)c1cccc(-c2ccc(/C=c3/sc4n(c3=O)[C@@H](c3ccccc3)C3=C(N=4)c4ccccc4CC3)o2)c1. The second-order valence-electron chi connectivity index (χ2n) is 9.61. The van der Waals surface area contributed by atoms with Crippen molar-refractivity contribution in [1.29, 1.82) is 0 Å². The summed E-state index contributed by atoms with van der Waals surface area (Å²) in [6.07, 6.45) is 3.50. The third-order valence-electron chi connectivity index (χ3n) is 7.28. The molecule has 3 heterocycles. The predicted molar refractivity (Wildman–Crippen MR) is 150 cm³/mol. The molecule has 2 aliphatic rings. The fourth-order valence-corrected chi connectivity index (χ4v) is 6.46. The molecule has 7 heteroatoms. The molecule has 5 aromatic rings. The highest BCUT2D eigenvalue weighted by atomic mass is 32.1. The molecule has 7 rings (SSSR count). The molecule has 1 N–H and O–H groups in total. The summed E-state index contributed by atoms with van der Waals surface area (Å²) in [6.45, 7) is 0. The number of aryl methyl sites for hydroxylation is 1. The lowest BCUT2D eigenvalue weighted by Gasteiger charge is -2.30. The lowest BCUT2D eigenvalue weighted by atomic mass is 9.83. The maximum atomic E-state index is 13.9. The number of carboxylic acid groups (broad SMARTS) is 1. The van der Waals surface area contributed by atoms with Crippen molar-refractivity contribution in [3.63, 3.8) is 0 Å². The van der Waals surface area contributed by atoms with E-state index in [4.69, 9.17) is 9.41 Å². The van der Waals surface area contributed by atoms with E-state index >= 15 is 0 Å². The second-order valence-corrected chi connectivity index (χ2v) is 10.6. The number of hydrogen-bond acceptors (Lipinski definition) is 5. The van der Waals surface area contributed by atoms with Gasteiger partial charge in [0.25, 0.3) is 5.56 Å². The molecular weight excluding hydrogens is 508 g/mol. The number of carboxylic acids is 1. The Morgan fingerprint density at radius 1 is 0.974 bits per heavy atom. The summed E-state index contributed by atoms with van der Waals surface area (Å²) in [5.74, 6) is 0.0516. The Balaban J connectivity index is 1.37. The number of rotatable bonds is 4. The molecule has 0 bridgehead atoms. The summed E-state index contributed by atoms with van der Waals surface area (Å²) in [5.41, 5.74) is 6.35. The van der Waals surface area contributed by atoms with Gasteiger partial charge in [-0.3, -0.25) is 9.36 Å². The highest BCUT2D eigenvalue weighted by Crippen LogP contribution is 2.41. The maximum absolute atomic E-state index is 13.9. The van der Waals surface area contributed by atoms with Crippen molar-refractivity contribution in [2.75, 3.05) is 0 Å². The van der Waals surface area contributed by atoms with Gasteiger partial charge in [-0.05, 0) is 53.8 Å². The zero-order valence-electron chi connectivity index (χ0n) is 20.7. The number of allylic oxidation sites excluding steroid dienone is 1. The van der Waals surface area contributed by atoms with Crippen molar-refractivity contribution in [3.05, 3.63) is 144 Å². The van der Waals surface area contributed by atoms with Crippen LogP contribution in [0.25, 0.3) is 23.1 Å². The Morgan fingerprint density at radius 2 is 1.79 bits per heavy atom. The molecule has 0 radical (unpaired) electrons. The first kappa shape index (κ1) is 23.4. The lowest BCUT2D eigenvalue weighted by Crippen LogP contribution is -2.38. The largest absolute Gasteiger partial charge is 0.478 e. The third-order valence-corrected chi connectivity index (χ3v) is 8.27. The number of fused-ring (bicyclic) bond motifs is 3. The highest BCUT2D eigenvalue weighted by Gasteiger charge is 2.32. The maximum Gasteiger partial charge on any atom is 0.335 e. The van der Waals surface area contributed by atoms with Gasteiger partial charge < -0.3 is 9.52 Å². The standard InChI is InChI=1S/C32H22N2O4S/c35-30-27(18-23-14-16-26(38-23)21-10-6-11-22(17-21)31(36)37)39-32-33-28-24-12-5-4-7-19(24)13-15-25(28)29(34(30)32)20-8-2-1-3-9-20/h1-12,14,16-18,29H,13,15H2,(H,36,37)/b27-18+/t29-/m0/s1. The molecule has 3 aromatic carbocycles. The van der Waals surface area contributed by atoms with E-state index in [1.54, 1.807) is 36.4 Å². The summed E-state index contributed by atoms with van der Waals surface area (Å²) in [6, 6.07) is 28.5. The van der Waals surface area contributed by atoms with Crippen LogP contribution in [0, 0.1) is 0 Å². The summed E-state index contributed by atoms with van der Waals surface area (Å²) in [7, 11) is 0. The van der Waals surface area contributed by atoms with Gasteiger partial charge in [0, 0.05) is 17.2 Å². The van der Waals surface area contributed by atoms with Crippen molar-refractivity contribution < 1.29 is 14.3 Å². The number of hydrogen-bond donors (Lipinski definition) is 1. The van der Waals surface area contributed by atoms with Crippen molar-refractivity contribution in [3.8, 4) is 11.3 Å². The van der Waals surface area contributed by atoms with Crippen molar-refractivity contribution in [2.24, 2.45) is 4.99 Å². The molecule has 1 atom stereocenters. The van der Waals surface area contributed by atoms with Crippen LogP contribution in [0.2, 0.25) is 0 Å². The number of benzene rings is 3. The summed E-state index contributed by atoms with van der Waals surface area (Å²) in [5, 5.41) is 9.32. The summed E-state index contributed by atoms with van der Waals surface area (Å²) in [4.78, 5) is 30.9. The van der Waals surface area contributed by atoms with Crippen LogP contribution >= 0.6 is 11.3 Å². The molecule has 39 heavy (non-hydrogen) atoms. The van der Waals surface area contributed by atoms with Gasteiger partial charge in [0.1, 0.15) is 11.5 Å². The van der Waals surface area contributed by atoms with Gasteiger partial charge in [-0.15, -0.1) is 0 Å². The average Bonchev–Trinajstić information content (AvgIpc) is 3.56. The van der Waals surface area contributed by atoms with Crippen molar-refractivity contribution in [2.45, 2.75) is 18.9 Å². The lowest BCUT2D eigenvalue weighted by molar-refractivity contribution is 0.0697. The number of nitrogens with zero attached hydrogens (tertiary/aromatic N) is 2. The van der Waals surface area contributed by atoms with Gasteiger partial charge in [-0.25, -0.2) is 9.79 Å². The van der Waals surface area contributed by atoms with Crippen LogP contribution in [-0.2, 0) is 6.42 Å². The minimum atomic E-state index is -0.997. The Labute approximate surface area is 227 Å². The van der Waals surface area contributed by atoms with E-state index in [1.807, 2.05) is 28.8 Å². The molecule has 0 saturated heterocycles. The van der Waals surface area contributed by atoms with Gasteiger partial charge in [-0.1, -0.05) is 78.1 Å². The fourth-order valence-electron chi connectivity index (χ4n) is 5.48. The van der Waals surface area contributed by atoms with Crippen LogP contribution in [0.3, 0.4) is 0 Å². The zero-order chi connectivity index (χ0) is 26.5. The molecule has 6 nitrogen and oxygen atoms in total. The first-order valence-corrected chi connectivity index (χ1v) is 13.5. The number of aromatic nitrogens is 1. The van der Waals surface area contributed by atoms with Crippen LogP contribution in [-0.4, -0.2) is 15.6 Å². The Kier molecular flexibility index (Phi) is 5.52. The van der Waals surface area contributed by atoms with Gasteiger partial charge in [0.2, 0.25) is 0 Å². The van der Waals surface area contributed by atoms with Gasteiger partial charge in [0.15, 0.2) is 4.80 Å². The molecule has 0 fully saturated rings. The normalized spacial score (nSPS) is 16.3. The first-order valence-electron chi connectivity index (χ1n) is 12.7. The number of aromatic carboxylic acids is 1. The van der Waals surface area contributed by atoms with Crippen LogP contribution < -0.4 is 14.9 Å². The van der Waals surface area contributed by atoms with Gasteiger partial charge in [0.05, 0.1) is 21.8 Å². The molecular formula is C32H22N2O4S. The number of furan rings is 1. The monoisotopic (exact) mass is 530 g/mol. The number of carbonyl (C=O) groups is 1. The van der Waals surface area contributed by atoms with Crippen molar-refractivity contribution >= 4 is 29.1 Å². The van der Waals surface area contributed by atoms with Crippen molar-refractivity contribution in [1.82, 2.24) is 4.57 Å². The van der Waals surface area contributed by atoms with Gasteiger partial charge in [-0.2, -0.15) is 0 Å². The number of thiazole rings is 1. The van der Waals surface area contributed by atoms with E-state index in [0.717, 1.165) is 35.2 Å². The third kappa shape index (κ3) is 3.99. The van der Waals surface area contributed by atoms with Crippen LogP contribution in [0.5, 0.6) is 0 Å². The summed E-state index contributed by atoms with van der Waals surface area (Å²) >= 11 is 1.35. The molecule has 2 aromatic heterocycles. The smallest absolute Gasteiger partial charge is 0.335 e. The van der Waals surface area contributed by atoms with Crippen LogP contribution in [0.15, 0.2) is 111 Å². The highest BCUT2D eigenvalue weighted by molar-refractivity contribution is 7.07. The molecule has 1 aliphatic heterocycles. The second kappa shape index (κ2) is 9.22. The fraction of sp³-hybridized carbons (Fsp3) is 0.0938. The molecule has 190 valence electrons. The van der Waals surface area contributed by atoms with E-state index in [0.29, 0.717) is 26.4 Å². The molecule has 0 unspecified atom stereocenters. The van der Waals surface area contributed by atoms with Crippen LogP contribution in [0.4, 0.5) is 0 Å². The van der Waals surface area contributed by atoms with E-state index in [2.05, 4.69) is 30.3 Å². The molecule has 1 aliphatic carbocycles. The average molecular weight is 531 g/mol. The predicted octanol–water partition coefficient (Wildman–Crippen LogP) is 5.28. The Hall–Kier alpha value is -4.75. The molecule has 0 saturated carbocycles. The molecule has 0 spiro atoms. The van der Waals surface area contributed by atoms with E-state index in [1.165, 1.54) is 23.0 Å². The van der Waals surface area contributed by atoms with E-state index in [-0.39, 0.29) is 17.2 Å². The van der Waals surface area contributed by atoms with Gasteiger partial charge >= 0.3 is 5.97 Å². The Bertz CT molecular complexity index is 1980. The topological polar surface area (TPSA) is 84.8 Å². The summed E-state index contributed by atoms with van der Waals surface area (Å²) < 4.78 is 8.37. The van der Waals surface area contributed by atoms with E-state index < -0.39 is 5.97 Å². The first-order chi connectivity index (χ1) is 19.1. The zero-order valence-corrected chi connectivity index (χ0v) is 21.5. The minimum Gasteiger partial charge on any atom is -0.478 e. The Morgan fingerprint density at radius 3 is 2.64 bits per heavy atom.